The molecule has 4 nitrogen and oxygen atoms in total. The fourth-order valence-corrected chi connectivity index (χ4v) is 2.22. The largest absolute Gasteiger partial charge is 0.466 e. The third kappa shape index (κ3) is 3.84. The summed E-state index contributed by atoms with van der Waals surface area (Å²) in [7, 11) is 0. The summed E-state index contributed by atoms with van der Waals surface area (Å²) in [5.41, 5.74) is 1.39. The highest BCUT2D eigenvalue weighted by molar-refractivity contribution is 5.74. The van der Waals surface area contributed by atoms with Gasteiger partial charge in [0.05, 0.1) is 6.04 Å². The summed E-state index contributed by atoms with van der Waals surface area (Å²) in [6.45, 7) is 5.74. The Morgan fingerprint density at radius 1 is 1.33 bits per heavy atom. The quantitative estimate of drug-likeness (QED) is 0.904. The molecule has 0 aliphatic heterocycles. The topological polar surface area (TPSA) is 54.3 Å². The summed E-state index contributed by atoms with van der Waals surface area (Å²) < 4.78 is 18.9. The van der Waals surface area contributed by atoms with E-state index in [0.717, 1.165) is 17.1 Å². The first kappa shape index (κ1) is 15.1. The second-order valence-electron chi connectivity index (χ2n) is 5.01. The van der Waals surface area contributed by atoms with Crippen molar-refractivity contribution in [3.05, 3.63) is 58.8 Å². The number of amides is 2. The number of furan rings is 1. The van der Waals surface area contributed by atoms with E-state index in [-0.39, 0.29) is 24.4 Å². The van der Waals surface area contributed by atoms with Gasteiger partial charge in [-0.25, -0.2) is 9.18 Å². The van der Waals surface area contributed by atoms with Crippen LogP contribution in [0.4, 0.5) is 9.18 Å². The smallest absolute Gasteiger partial charge is 0.315 e. The van der Waals surface area contributed by atoms with Gasteiger partial charge in [-0.3, -0.25) is 0 Å². The van der Waals surface area contributed by atoms with Gasteiger partial charge in [0.15, 0.2) is 0 Å². The second kappa shape index (κ2) is 6.43. The first-order valence-corrected chi connectivity index (χ1v) is 6.82. The van der Waals surface area contributed by atoms with Crippen LogP contribution in [-0.2, 0) is 6.54 Å². The lowest BCUT2D eigenvalue weighted by molar-refractivity contribution is 0.237. The molecule has 112 valence electrons. The number of nitrogens with one attached hydrogen (secondary N) is 2. The number of carbonyl (C=O) groups is 1. The van der Waals surface area contributed by atoms with Crippen molar-refractivity contribution in [3.8, 4) is 0 Å². The molecule has 1 aromatic heterocycles. The molecule has 0 fully saturated rings. The lowest BCUT2D eigenvalue weighted by Crippen LogP contribution is -2.36. The fourth-order valence-electron chi connectivity index (χ4n) is 2.22. The van der Waals surface area contributed by atoms with Crippen LogP contribution >= 0.6 is 0 Å². The van der Waals surface area contributed by atoms with E-state index in [1.165, 1.54) is 6.07 Å². The van der Waals surface area contributed by atoms with Crippen LogP contribution in [-0.4, -0.2) is 6.03 Å². The number of halogens is 1. The number of hydrogen-bond acceptors (Lipinski definition) is 2. The lowest BCUT2D eigenvalue weighted by atomic mass is 10.1. The van der Waals surface area contributed by atoms with Gasteiger partial charge in [-0.2, -0.15) is 0 Å². The SMILES string of the molecule is Cc1cc(C(C)NC(=O)NCc2ccccc2F)c(C)o1. The van der Waals surface area contributed by atoms with Crippen molar-refractivity contribution in [1.29, 1.82) is 0 Å². The Morgan fingerprint density at radius 2 is 2.05 bits per heavy atom. The zero-order chi connectivity index (χ0) is 15.4. The number of carbonyl (C=O) groups excluding carboxylic acids is 1. The summed E-state index contributed by atoms with van der Waals surface area (Å²) >= 11 is 0. The Labute approximate surface area is 123 Å². The Balaban J connectivity index is 1.90. The average Bonchev–Trinajstić information content (AvgIpc) is 2.77. The molecule has 0 aliphatic rings. The molecular formula is C16H19FN2O2. The molecule has 0 aliphatic carbocycles. The summed E-state index contributed by atoms with van der Waals surface area (Å²) in [6.07, 6.45) is 0. The van der Waals surface area contributed by atoms with Crippen molar-refractivity contribution in [1.82, 2.24) is 10.6 Å². The molecule has 1 heterocycles. The number of hydrogen-bond donors (Lipinski definition) is 2. The molecule has 2 rings (SSSR count). The van der Waals surface area contributed by atoms with E-state index in [4.69, 9.17) is 4.42 Å². The van der Waals surface area contributed by atoms with E-state index in [1.54, 1.807) is 18.2 Å². The number of aryl methyl sites for hydroxylation is 2. The highest BCUT2D eigenvalue weighted by Gasteiger charge is 2.15. The predicted octanol–water partition coefficient (Wildman–Crippen LogP) is 3.60. The van der Waals surface area contributed by atoms with Crippen LogP contribution in [0.2, 0.25) is 0 Å². The molecule has 2 aromatic rings. The van der Waals surface area contributed by atoms with Crippen molar-refractivity contribution in [2.75, 3.05) is 0 Å². The minimum atomic E-state index is -0.344. The van der Waals surface area contributed by atoms with Gasteiger partial charge in [0.25, 0.3) is 0 Å². The van der Waals surface area contributed by atoms with Crippen LogP contribution in [0.1, 0.15) is 35.6 Å². The van der Waals surface area contributed by atoms with Crippen molar-refractivity contribution >= 4 is 6.03 Å². The zero-order valence-corrected chi connectivity index (χ0v) is 12.4. The van der Waals surface area contributed by atoms with Gasteiger partial charge in [-0.05, 0) is 32.9 Å². The van der Waals surface area contributed by atoms with E-state index in [9.17, 15) is 9.18 Å². The molecule has 2 N–H and O–H groups in total. The minimum absolute atomic E-state index is 0.147. The molecule has 21 heavy (non-hydrogen) atoms. The maximum atomic E-state index is 13.4. The molecule has 0 bridgehead atoms. The maximum Gasteiger partial charge on any atom is 0.315 e. The van der Waals surface area contributed by atoms with Gasteiger partial charge >= 0.3 is 6.03 Å². The molecular weight excluding hydrogens is 271 g/mol. The molecule has 0 spiro atoms. The maximum absolute atomic E-state index is 13.4. The highest BCUT2D eigenvalue weighted by atomic mass is 19.1. The van der Waals surface area contributed by atoms with Crippen LogP contribution in [0.15, 0.2) is 34.7 Å². The summed E-state index contributed by atoms with van der Waals surface area (Å²) in [5.74, 6) is 1.27. The van der Waals surface area contributed by atoms with E-state index in [1.807, 2.05) is 26.8 Å². The average molecular weight is 290 g/mol. The Kier molecular flexibility index (Phi) is 4.62. The van der Waals surface area contributed by atoms with Gasteiger partial charge in [-0.1, -0.05) is 18.2 Å². The molecule has 0 saturated heterocycles. The van der Waals surface area contributed by atoms with Gasteiger partial charge in [0.1, 0.15) is 17.3 Å². The van der Waals surface area contributed by atoms with Gasteiger partial charge < -0.3 is 15.1 Å². The van der Waals surface area contributed by atoms with E-state index in [2.05, 4.69) is 10.6 Å². The molecule has 2 amide bonds. The molecule has 0 saturated carbocycles. The van der Waals surface area contributed by atoms with Crippen LogP contribution in [0, 0.1) is 19.7 Å². The summed E-state index contributed by atoms with van der Waals surface area (Å²) in [6, 6.07) is 7.74. The Morgan fingerprint density at radius 3 is 2.67 bits per heavy atom. The second-order valence-corrected chi connectivity index (χ2v) is 5.01. The summed E-state index contributed by atoms with van der Waals surface area (Å²) in [4.78, 5) is 11.9. The van der Waals surface area contributed by atoms with Crippen LogP contribution < -0.4 is 10.6 Å². The first-order chi connectivity index (χ1) is 9.97. The number of urea groups is 1. The lowest BCUT2D eigenvalue weighted by Gasteiger charge is -2.14. The third-order valence-corrected chi connectivity index (χ3v) is 3.29. The summed E-state index contributed by atoms with van der Waals surface area (Å²) in [5, 5.41) is 5.45. The van der Waals surface area contributed by atoms with E-state index < -0.39 is 0 Å². The normalized spacial score (nSPS) is 12.0. The van der Waals surface area contributed by atoms with Crippen LogP contribution in [0.25, 0.3) is 0 Å². The van der Waals surface area contributed by atoms with Gasteiger partial charge in [0, 0.05) is 17.7 Å². The fraction of sp³-hybridized carbons (Fsp3) is 0.312. The number of benzene rings is 1. The molecule has 5 heteroatoms. The van der Waals surface area contributed by atoms with Crippen molar-refractivity contribution < 1.29 is 13.6 Å². The molecule has 1 atom stereocenters. The van der Waals surface area contributed by atoms with Gasteiger partial charge in [0.2, 0.25) is 0 Å². The minimum Gasteiger partial charge on any atom is -0.466 e. The standard InChI is InChI=1S/C16H19FN2O2/c1-10-8-14(12(3)21-10)11(2)19-16(20)18-9-13-6-4-5-7-15(13)17/h4-8,11H,9H2,1-3H3,(H2,18,19,20). The molecule has 1 aromatic carbocycles. The van der Waals surface area contributed by atoms with Crippen molar-refractivity contribution in [2.45, 2.75) is 33.4 Å². The van der Waals surface area contributed by atoms with Crippen LogP contribution in [0.5, 0.6) is 0 Å². The Bertz CT molecular complexity index is 637. The zero-order valence-electron chi connectivity index (χ0n) is 12.4. The first-order valence-electron chi connectivity index (χ1n) is 6.82. The monoisotopic (exact) mass is 290 g/mol. The predicted molar refractivity (Wildman–Crippen MR) is 78.4 cm³/mol. The highest BCUT2D eigenvalue weighted by Crippen LogP contribution is 2.20. The van der Waals surface area contributed by atoms with E-state index in [0.29, 0.717) is 5.56 Å². The molecule has 0 radical (unpaired) electrons. The van der Waals surface area contributed by atoms with Crippen molar-refractivity contribution in [3.63, 3.8) is 0 Å². The van der Waals surface area contributed by atoms with Gasteiger partial charge in [-0.15, -0.1) is 0 Å². The Hall–Kier alpha value is -2.30. The third-order valence-electron chi connectivity index (χ3n) is 3.29. The van der Waals surface area contributed by atoms with Crippen molar-refractivity contribution in [2.24, 2.45) is 0 Å². The number of rotatable bonds is 4. The van der Waals surface area contributed by atoms with E-state index >= 15 is 0 Å². The van der Waals surface area contributed by atoms with Crippen LogP contribution in [0.3, 0.4) is 0 Å². The molecule has 1 unspecified atom stereocenters.